The Morgan fingerprint density at radius 3 is 2.73 bits per heavy atom. The van der Waals surface area contributed by atoms with E-state index in [2.05, 4.69) is 0 Å². The zero-order valence-corrected chi connectivity index (χ0v) is 15.5. The number of hydrogen-bond donors (Lipinski definition) is 0. The van der Waals surface area contributed by atoms with Gasteiger partial charge in [-0.15, -0.1) is 11.3 Å². The standard InChI is InChI=1S/C18H17NO5S2/c20-18(23-12-14-11-13-5-1-2-6-15(13)24-14)17-16(7-10-25-17)26(21,22)19-8-3-4-9-19/h1-2,5-7,10-11H,3-4,8-9,12H2. The Morgan fingerprint density at radius 1 is 1.19 bits per heavy atom. The molecule has 1 aliphatic rings. The fourth-order valence-corrected chi connectivity index (χ4v) is 5.83. The highest BCUT2D eigenvalue weighted by atomic mass is 32.2. The van der Waals surface area contributed by atoms with Gasteiger partial charge in [0, 0.05) is 18.5 Å². The van der Waals surface area contributed by atoms with Crippen LogP contribution in [-0.4, -0.2) is 31.8 Å². The van der Waals surface area contributed by atoms with Crippen LogP contribution in [0.5, 0.6) is 0 Å². The van der Waals surface area contributed by atoms with E-state index in [4.69, 9.17) is 9.15 Å². The molecule has 0 saturated carbocycles. The fourth-order valence-electron chi connectivity index (χ4n) is 3.03. The van der Waals surface area contributed by atoms with Crippen molar-refractivity contribution in [2.24, 2.45) is 0 Å². The lowest BCUT2D eigenvalue weighted by Crippen LogP contribution is -2.28. The van der Waals surface area contributed by atoms with Crippen LogP contribution in [-0.2, 0) is 21.4 Å². The third kappa shape index (κ3) is 3.15. The monoisotopic (exact) mass is 391 g/mol. The first kappa shape index (κ1) is 17.3. The maximum Gasteiger partial charge on any atom is 0.350 e. The molecule has 1 saturated heterocycles. The third-order valence-corrected chi connectivity index (χ3v) is 7.28. The summed E-state index contributed by atoms with van der Waals surface area (Å²) in [5.41, 5.74) is 0.715. The normalized spacial score (nSPS) is 15.5. The number of benzene rings is 1. The van der Waals surface area contributed by atoms with Gasteiger partial charge < -0.3 is 9.15 Å². The van der Waals surface area contributed by atoms with Gasteiger partial charge in [0.2, 0.25) is 10.0 Å². The topological polar surface area (TPSA) is 76.8 Å². The number of carbonyl (C=O) groups is 1. The minimum Gasteiger partial charge on any atom is -0.457 e. The van der Waals surface area contributed by atoms with Gasteiger partial charge in [0.15, 0.2) is 0 Å². The highest BCUT2D eigenvalue weighted by Crippen LogP contribution is 2.28. The van der Waals surface area contributed by atoms with E-state index in [1.807, 2.05) is 24.3 Å². The summed E-state index contributed by atoms with van der Waals surface area (Å²) in [6, 6.07) is 10.8. The van der Waals surface area contributed by atoms with Crippen molar-refractivity contribution in [1.29, 1.82) is 0 Å². The Hall–Kier alpha value is -2.16. The van der Waals surface area contributed by atoms with Crippen molar-refractivity contribution < 1.29 is 22.4 Å². The zero-order chi connectivity index (χ0) is 18.1. The number of rotatable bonds is 5. The van der Waals surface area contributed by atoms with Crippen molar-refractivity contribution in [3.8, 4) is 0 Å². The number of para-hydroxylation sites is 1. The van der Waals surface area contributed by atoms with Gasteiger partial charge in [0.05, 0.1) is 0 Å². The lowest BCUT2D eigenvalue weighted by atomic mass is 10.2. The van der Waals surface area contributed by atoms with E-state index >= 15 is 0 Å². The highest BCUT2D eigenvalue weighted by Gasteiger charge is 2.32. The van der Waals surface area contributed by atoms with Crippen molar-refractivity contribution in [1.82, 2.24) is 4.31 Å². The van der Waals surface area contributed by atoms with Crippen LogP contribution in [0.15, 0.2) is 51.1 Å². The molecule has 8 heteroatoms. The molecule has 1 fully saturated rings. The second kappa shape index (κ2) is 6.86. The maximum atomic E-state index is 12.7. The Labute approximate surface area is 155 Å². The van der Waals surface area contributed by atoms with E-state index in [1.54, 1.807) is 11.4 Å². The average Bonchev–Trinajstić information content (AvgIpc) is 3.39. The predicted octanol–water partition coefficient (Wildman–Crippen LogP) is 3.64. The summed E-state index contributed by atoms with van der Waals surface area (Å²) in [4.78, 5) is 12.6. The van der Waals surface area contributed by atoms with Crippen LogP contribution in [0, 0.1) is 0 Å². The molecule has 3 heterocycles. The molecule has 0 radical (unpaired) electrons. The number of carbonyl (C=O) groups excluding carboxylic acids is 1. The van der Waals surface area contributed by atoms with Crippen molar-refractivity contribution in [3.05, 3.63) is 52.4 Å². The smallest absolute Gasteiger partial charge is 0.350 e. The van der Waals surface area contributed by atoms with Crippen LogP contribution in [0.2, 0.25) is 0 Å². The second-order valence-corrected chi connectivity index (χ2v) is 8.87. The number of sulfonamides is 1. The second-order valence-electron chi connectivity index (χ2n) is 6.05. The van der Waals surface area contributed by atoms with E-state index in [9.17, 15) is 13.2 Å². The van der Waals surface area contributed by atoms with Gasteiger partial charge in [-0.3, -0.25) is 0 Å². The Bertz CT molecular complexity index is 1010. The lowest BCUT2D eigenvalue weighted by molar-refractivity contribution is 0.0449. The summed E-state index contributed by atoms with van der Waals surface area (Å²) in [5, 5.41) is 2.52. The summed E-state index contributed by atoms with van der Waals surface area (Å²) in [7, 11) is -3.66. The maximum absolute atomic E-state index is 12.7. The van der Waals surface area contributed by atoms with Crippen LogP contribution in [0.1, 0.15) is 28.3 Å². The summed E-state index contributed by atoms with van der Waals surface area (Å²) in [5.74, 6) is -0.140. The van der Waals surface area contributed by atoms with E-state index in [1.165, 1.54) is 10.4 Å². The first-order valence-corrected chi connectivity index (χ1v) is 10.6. The molecular formula is C18H17NO5S2. The molecule has 0 amide bonds. The number of hydrogen-bond acceptors (Lipinski definition) is 6. The Morgan fingerprint density at radius 2 is 1.96 bits per heavy atom. The molecule has 1 aliphatic heterocycles. The molecule has 26 heavy (non-hydrogen) atoms. The molecule has 1 aromatic carbocycles. The van der Waals surface area contributed by atoms with Crippen LogP contribution in [0.4, 0.5) is 0 Å². The molecule has 0 bridgehead atoms. The number of thiophene rings is 1. The largest absolute Gasteiger partial charge is 0.457 e. The molecule has 0 aliphatic carbocycles. The van der Waals surface area contributed by atoms with E-state index in [-0.39, 0.29) is 16.4 Å². The number of ether oxygens (including phenoxy) is 1. The minimum absolute atomic E-state index is 0.0269. The number of furan rings is 1. The fraction of sp³-hybridized carbons (Fsp3) is 0.278. The van der Waals surface area contributed by atoms with Crippen LogP contribution in [0.3, 0.4) is 0 Å². The Balaban J connectivity index is 1.51. The van der Waals surface area contributed by atoms with Gasteiger partial charge in [0.25, 0.3) is 0 Å². The Kier molecular flexibility index (Phi) is 4.56. The molecule has 0 atom stereocenters. The van der Waals surface area contributed by atoms with Crippen molar-refractivity contribution in [2.45, 2.75) is 24.3 Å². The third-order valence-electron chi connectivity index (χ3n) is 4.32. The highest BCUT2D eigenvalue weighted by molar-refractivity contribution is 7.89. The molecule has 136 valence electrons. The average molecular weight is 391 g/mol. The summed E-state index contributed by atoms with van der Waals surface area (Å²) in [6.07, 6.45) is 1.68. The van der Waals surface area contributed by atoms with Crippen LogP contribution in [0.25, 0.3) is 11.0 Å². The van der Waals surface area contributed by atoms with Gasteiger partial charge >= 0.3 is 5.97 Å². The first-order chi connectivity index (χ1) is 12.6. The quantitative estimate of drug-likeness (QED) is 0.621. The van der Waals surface area contributed by atoms with E-state index in [0.717, 1.165) is 29.6 Å². The van der Waals surface area contributed by atoms with Crippen molar-refractivity contribution in [2.75, 3.05) is 13.1 Å². The van der Waals surface area contributed by atoms with Crippen molar-refractivity contribution in [3.63, 3.8) is 0 Å². The molecule has 3 aromatic rings. The zero-order valence-electron chi connectivity index (χ0n) is 13.9. The van der Waals surface area contributed by atoms with Gasteiger partial charge in [-0.05, 0) is 36.4 Å². The summed E-state index contributed by atoms with van der Waals surface area (Å²) >= 11 is 1.07. The molecule has 6 nitrogen and oxygen atoms in total. The predicted molar refractivity (Wildman–Crippen MR) is 97.6 cm³/mol. The molecular weight excluding hydrogens is 374 g/mol. The molecule has 0 N–H and O–H groups in total. The van der Waals surface area contributed by atoms with E-state index in [0.29, 0.717) is 24.4 Å². The summed E-state index contributed by atoms with van der Waals surface area (Å²) in [6.45, 7) is 0.936. The SMILES string of the molecule is O=C(OCc1cc2ccccc2o1)c1sccc1S(=O)(=O)N1CCCC1. The van der Waals surface area contributed by atoms with Gasteiger partial charge in [-0.1, -0.05) is 18.2 Å². The van der Waals surface area contributed by atoms with Gasteiger partial charge in [-0.25, -0.2) is 13.2 Å². The number of fused-ring (bicyclic) bond motifs is 1. The minimum atomic E-state index is -3.66. The lowest BCUT2D eigenvalue weighted by Gasteiger charge is -2.15. The van der Waals surface area contributed by atoms with Crippen LogP contribution >= 0.6 is 11.3 Å². The first-order valence-electron chi connectivity index (χ1n) is 8.28. The number of nitrogens with zero attached hydrogens (tertiary/aromatic N) is 1. The number of esters is 1. The van der Waals surface area contributed by atoms with Gasteiger partial charge in [-0.2, -0.15) is 4.31 Å². The molecule has 0 unspecified atom stereocenters. The molecule has 0 spiro atoms. The van der Waals surface area contributed by atoms with E-state index < -0.39 is 16.0 Å². The van der Waals surface area contributed by atoms with Crippen molar-refractivity contribution >= 4 is 38.3 Å². The molecule has 4 rings (SSSR count). The van der Waals surface area contributed by atoms with Crippen LogP contribution < -0.4 is 0 Å². The molecule has 2 aromatic heterocycles. The van der Waals surface area contributed by atoms with Gasteiger partial charge in [0.1, 0.15) is 27.7 Å². The summed E-state index contributed by atoms with van der Waals surface area (Å²) < 4.78 is 37.8.